The highest BCUT2D eigenvalue weighted by Crippen LogP contribution is 2.36. The number of hydrogen-bond donors (Lipinski definition) is 1. The van der Waals surface area contributed by atoms with Gasteiger partial charge in [-0.05, 0) is 31.2 Å². The van der Waals surface area contributed by atoms with E-state index in [9.17, 15) is 14.8 Å². The molecule has 0 fully saturated rings. The zero-order chi connectivity index (χ0) is 15.9. The van der Waals surface area contributed by atoms with E-state index in [1.54, 1.807) is 38.1 Å². The molecule has 2 atom stereocenters. The van der Waals surface area contributed by atoms with Gasteiger partial charge < -0.3 is 10.4 Å². The van der Waals surface area contributed by atoms with Crippen molar-refractivity contribution in [3.63, 3.8) is 0 Å². The number of rotatable bonds is 2. The van der Waals surface area contributed by atoms with Gasteiger partial charge in [-0.1, -0.05) is 30.3 Å². The van der Waals surface area contributed by atoms with Crippen LogP contribution < -0.4 is 0 Å². The van der Waals surface area contributed by atoms with E-state index >= 15 is 0 Å². The summed E-state index contributed by atoms with van der Waals surface area (Å²) in [5, 5.41) is 24.5. The molecule has 0 radical (unpaired) electrons. The molecule has 0 saturated heterocycles. The van der Waals surface area contributed by atoms with Crippen LogP contribution in [0.3, 0.4) is 0 Å². The fraction of sp³-hybridized carbons (Fsp3) is 0.235. The van der Waals surface area contributed by atoms with E-state index in [1.807, 2.05) is 18.2 Å². The van der Waals surface area contributed by atoms with Crippen molar-refractivity contribution in [2.75, 3.05) is 0 Å². The fourth-order valence-electron chi connectivity index (χ4n) is 2.97. The molecule has 0 saturated carbocycles. The van der Waals surface area contributed by atoms with Crippen LogP contribution in [0.25, 0.3) is 0 Å². The SMILES string of the molecule is C[C@@H]1C(c2ccc(F)cc2)=[N+]([O-])[C@](C)(c2ccccc2)N1O. The van der Waals surface area contributed by atoms with Crippen molar-refractivity contribution in [1.29, 1.82) is 0 Å². The van der Waals surface area contributed by atoms with Gasteiger partial charge in [0, 0.05) is 18.1 Å². The Balaban J connectivity index is 2.16. The number of halogens is 1. The maximum atomic E-state index is 13.1. The van der Waals surface area contributed by atoms with Crippen LogP contribution >= 0.6 is 0 Å². The first kappa shape index (κ1) is 14.7. The molecule has 4 nitrogen and oxygen atoms in total. The third kappa shape index (κ3) is 2.01. The van der Waals surface area contributed by atoms with Crippen LogP contribution in [0.2, 0.25) is 0 Å². The van der Waals surface area contributed by atoms with E-state index in [1.165, 1.54) is 12.1 Å². The van der Waals surface area contributed by atoms with E-state index in [-0.39, 0.29) is 5.82 Å². The van der Waals surface area contributed by atoms with Crippen LogP contribution in [0.4, 0.5) is 4.39 Å². The molecule has 1 aliphatic heterocycles. The zero-order valence-corrected chi connectivity index (χ0v) is 12.4. The second-order valence-electron chi connectivity index (χ2n) is 5.59. The van der Waals surface area contributed by atoms with Crippen molar-refractivity contribution < 1.29 is 14.3 Å². The zero-order valence-electron chi connectivity index (χ0n) is 12.4. The predicted octanol–water partition coefficient (Wildman–Crippen LogP) is 3.09. The van der Waals surface area contributed by atoms with Crippen LogP contribution in [0.15, 0.2) is 54.6 Å². The molecule has 1 N–H and O–H groups in total. The standard InChI is InChI=1S/C17H17FN2O2/c1-12-16(13-8-10-15(18)11-9-13)20(22)17(2,19(12)21)14-6-4-3-5-7-14/h3-12,21H,1-2H3/t12-,17-/m1/s1. The highest BCUT2D eigenvalue weighted by atomic mass is 19.1. The average molecular weight is 300 g/mol. The molecule has 1 aliphatic rings. The van der Waals surface area contributed by atoms with E-state index in [0.29, 0.717) is 16.8 Å². The molecular weight excluding hydrogens is 283 g/mol. The summed E-state index contributed by atoms with van der Waals surface area (Å²) < 4.78 is 13.9. The summed E-state index contributed by atoms with van der Waals surface area (Å²) in [5.74, 6) is -0.362. The first-order valence-corrected chi connectivity index (χ1v) is 7.10. The fourth-order valence-corrected chi connectivity index (χ4v) is 2.97. The summed E-state index contributed by atoms with van der Waals surface area (Å²) in [6.07, 6.45) is 0. The normalized spacial score (nSPS) is 25.7. The first-order chi connectivity index (χ1) is 10.5. The van der Waals surface area contributed by atoms with E-state index in [0.717, 1.165) is 9.80 Å². The van der Waals surface area contributed by atoms with Crippen LogP contribution in [-0.4, -0.2) is 26.8 Å². The quantitative estimate of drug-likeness (QED) is 0.685. The third-order valence-electron chi connectivity index (χ3n) is 4.28. The van der Waals surface area contributed by atoms with Crippen LogP contribution in [0.1, 0.15) is 25.0 Å². The minimum Gasteiger partial charge on any atom is -0.622 e. The molecule has 0 bridgehead atoms. The minimum atomic E-state index is -1.22. The van der Waals surface area contributed by atoms with Gasteiger partial charge in [0.05, 0.1) is 0 Å². The van der Waals surface area contributed by atoms with Gasteiger partial charge in [-0.3, -0.25) is 0 Å². The van der Waals surface area contributed by atoms with Crippen molar-refractivity contribution in [2.45, 2.75) is 25.6 Å². The summed E-state index contributed by atoms with van der Waals surface area (Å²) >= 11 is 0. The highest BCUT2D eigenvalue weighted by molar-refractivity contribution is 6.01. The second kappa shape index (κ2) is 5.19. The van der Waals surface area contributed by atoms with Gasteiger partial charge in [0.15, 0.2) is 0 Å². The van der Waals surface area contributed by atoms with Gasteiger partial charge in [0.2, 0.25) is 5.71 Å². The van der Waals surface area contributed by atoms with Gasteiger partial charge in [-0.2, -0.15) is 4.74 Å². The van der Waals surface area contributed by atoms with E-state index in [2.05, 4.69) is 0 Å². The summed E-state index contributed by atoms with van der Waals surface area (Å²) in [5.41, 5.74) is 0.484. The topological polar surface area (TPSA) is 49.5 Å². The molecule has 0 aromatic heterocycles. The first-order valence-electron chi connectivity index (χ1n) is 7.10. The Morgan fingerprint density at radius 1 is 1.14 bits per heavy atom. The monoisotopic (exact) mass is 300 g/mol. The number of hydrogen-bond acceptors (Lipinski definition) is 3. The lowest BCUT2D eigenvalue weighted by Gasteiger charge is -2.29. The van der Waals surface area contributed by atoms with Gasteiger partial charge in [0.1, 0.15) is 11.9 Å². The lowest BCUT2D eigenvalue weighted by molar-refractivity contribution is -0.595. The lowest BCUT2D eigenvalue weighted by atomic mass is 10.0. The van der Waals surface area contributed by atoms with Crippen LogP contribution in [-0.2, 0) is 5.66 Å². The molecular formula is C17H17FN2O2. The smallest absolute Gasteiger partial charge is 0.274 e. The number of nitrogens with zero attached hydrogens (tertiary/aromatic N) is 2. The molecule has 0 unspecified atom stereocenters. The second-order valence-corrected chi connectivity index (χ2v) is 5.59. The molecule has 5 heteroatoms. The maximum absolute atomic E-state index is 13.1. The molecule has 0 aliphatic carbocycles. The summed E-state index contributed by atoms with van der Waals surface area (Å²) in [4.78, 5) is 0. The van der Waals surface area contributed by atoms with Gasteiger partial charge in [0.25, 0.3) is 5.66 Å². The van der Waals surface area contributed by atoms with Crippen molar-refractivity contribution in [1.82, 2.24) is 5.06 Å². The Kier molecular flexibility index (Phi) is 3.47. The Morgan fingerprint density at radius 2 is 1.73 bits per heavy atom. The molecule has 0 amide bonds. The summed E-state index contributed by atoms with van der Waals surface area (Å²) in [6, 6.07) is 14.3. The minimum absolute atomic E-state index is 0.362. The van der Waals surface area contributed by atoms with E-state index in [4.69, 9.17) is 0 Å². The summed E-state index contributed by atoms with van der Waals surface area (Å²) in [6.45, 7) is 3.42. The van der Waals surface area contributed by atoms with Gasteiger partial charge in [-0.25, -0.2) is 4.39 Å². The highest BCUT2D eigenvalue weighted by Gasteiger charge is 2.54. The Morgan fingerprint density at radius 3 is 2.32 bits per heavy atom. The number of benzene rings is 2. The molecule has 1 heterocycles. The Bertz CT molecular complexity index is 715. The lowest BCUT2D eigenvalue weighted by Crippen LogP contribution is -2.45. The van der Waals surface area contributed by atoms with Crippen LogP contribution in [0, 0.1) is 11.0 Å². The average Bonchev–Trinajstić information content (AvgIpc) is 2.71. The third-order valence-corrected chi connectivity index (χ3v) is 4.28. The van der Waals surface area contributed by atoms with Crippen LogP contribution in [0.5, 0.6) is 0 Å². The molecule has 22 heavy (non-hydrogen) atoms. The Hall–Kier alpha value is -2.24. The molecule has 114 valence electrons. The predicted molar refractivity (Wildman–Crippen MR) is 81.0 cm³/mol. The Labute approximate surface area is 128 Å². The molecule has 2 aromatic carbocycles. The molecule has 0 spiro atoms. The maximum Gasteiger partial charge on any atom is 0.274 e. The summed E-state index contributed by atoms with van der Waals surface area (Å²) in [7, 11) is 0. The van der Waals surface area contributed by atoms with Crippen molar-refractivity contribution in [3.05, 3.63) is 76.7 Å². The van der Waals surface area contributed by atoms with Crippen molar-refractivity contribution in [2.24, 2.45) is 0 Å². The number of hydroxylamine groups is 3. The largest absolute Gasteiger partial charge is 0.622 e. The van der Waals surface area contributed by atoms with Crippen molar-refractivity contribution >= 4 is 5.71 Å². The molecule has 2 aromatic rings. The van der Waals surface area contributed by atoms with Gasteiger partial charge >= 0.3 is 0 Å². The van der Waals surface area contributed by atoms with Crippen molar-refractivity contribution in [3.8, 4) is 0 Å². The van der Waals surface area contributed by atoms with E-state index < -0.39 is 11.7 Å². The van der Waals surface area contributed by atoms with Gasteiger partial charge in [-0.15, -0.1) is 5.06 Å². The molecule has 3 rings (SSSR count).